The van der Waals surface area contributed by atoms with Crippen LogP contribution in [0.3, 0.4) is 0 Å². The van der Waals surface area contributed by atoms with Crippen molar-refractivity contribution < 1.29 is 24.2 Å². The molecule has 0 unspecified atom stereocenters. The highest BCUT2D eigenvalue weighted by Crippen LogP contribution is 2.46. The fraction of sp³-hybridized carbons (Fsp3) is 0.231. The molecule has 100 valence electrons. The highest BCUT2D eigenvalue weighted by atomic mass is 16.7. The lowest BCUT2D eigenvalue weighted by atomic mass is 9.97. The van der Waals surface area contributed by atoms with Crippen LogP contribution in [0.1, 0.15) is 28.4 Å². The summed E-state index contributed by atoms with van der Waals surface area (Å²) < 4.78 is 10.5. The van der Waals surface area contributed by atoms with E-state index in [4.69, 9.17) is 9.47 Å². The number of amides is 1. The molecule has 1 aromatic carbocycles. The van der Waals surface area contributed by atoms with Crippen LogP contribution in [0.5, 0.6) is 17.2 Å². The SMILES string of the molecule is CC(=O)c1c(C=CNC=O)c(O)c(C)c2c1OCO2. The predicted octanol–water partition coefficient (Wildman–Crippen LogP) is 1.35. The lowest BCUT2D eigenvalue weighted by molar-refractivity contribution is -0.108. The van der Waals surface area contributed by atoms with E-state index in [0.717, 1.165) is 0 Å². The minimum Gasteiger partial charge on any atom is -0.507 e. The molecule has 0 saturated carbocycles. The van der Waals surface area contributed by atoms with Crippen LogP contribution in [0, 0.1) is 6.92 Å². The maximum Gasteiger partial charge on any atom is 0.231 e. The van der Waals surface area contributed by atoms with Gasteiger partial charge in [-0.05, 0) is 19.9 Å². The van der Waals surface area contributed by atoms with Crippen molar-refractivity contribution in [2.45, 2.75) is 13.8 Å². The number of aromatic hydroxyl groups is 1. The minimum atomic E-state index is -0.261. The number of Topliss-reactive ketones (excluding diaryl/α,β-unsaturated/α-hetero) is 1. The van der Waals surface area contributed by atoms with Crippen molar-refractivity contribution in [2.24, 2.45) is 0 Å². The second-order valence-corrected chi connectivity index (χ2v) is 4.00. The van der Waals surface area contributed by atoms with Gasteiger partial charge >= 0.3 is 0 Å². The Labute approximate surface area is 109 Å². The Balaban J connectivity index is 2.67. The first kappa shape index (κ1) is 12.9. The van der Waals surface area contributed by atoms with Gasteiger partial charge in [-0.15, -0.1) is 0 Å². The Kier molecular flexibility index (Phi) is 3.41. The van der Waals surface area contributed by atoms with Crippen molar-refractivity contribution in [3.63, 3.8) is 0 Å². The first-order chi connectivity index (χ1) is 9.07. The molecule has 0 aliphatic carbocycles. The fourth-order valence-corrected chi connectivity index (χ4v) is 1.98. The summed E-state index contributed by atoms with van der Waals surface area (Å²) in [5.74, 6) is 0.373. The monoisotopic (exact) mass is 263 g/mol. The molecule has 0 bridgehead atoms. The largest absolute Gasteiger partial charge is 0.507 e. The summed E-state index contributed by atoms with van der Waals surface area (Å²) in [5, 5.41) is 12.5. The van der Waals surface area contributed by atoms with E-state index >= 15 is 0 Å². The topological polar surface area (TPSA) is 84.9 Å². The summed E-state index contributed by atoms with van der Waals surface area (Å²) in [6, 6.07) is 0. The fourth-order valence-electron chi connectivity index (χ4n) is 1.98. The van der Waals surface area contributed by atoms with Crippen LogP contribution in [-0.2, 0) is 4.79 Å². The first-order valence-corrected chi connectivity index (χ1v) is 5.60. The third-order valence-corrected chi connectivity index (χ3v) is 2.83. The third-order valence-electron chi connectivity index (χ3n) is 2.83. The summed E-state index contributed by atoms with van der Waals surface area (Å²) in [4.78, 5) is 22.0. The molecule has 0 fully saturated rings. The van der Waals surface area contributed by atoms with Crippen LogP contribution in [-0.4, -0.2) is 24.1 Å². The standard InChI is InChI=1S/C13H13NO5/c1-7-11(17)9(3-4-14-5-15)10(8(2)16)13-12(7)18-6-19-13/h3-5,17H,6H2,1-2H3,(H,14,15). The van der Waals surface area contributed by atoms with Crippen LogP contribution < -0.4 is 14.8 Å². The Hall–Kier alpha value is -2.50. The van der Waals surface area contributed by atoms with Crippen LogP contribution in [0.2, 0.25) is 0 Å². The molecule has 1 heterocycles. The molecule has 6 nitrogen and oxygen atoms in total. The maximum absolute atomic E-state index is 11.8. The smallest absolute Gasteiger partial charge is 0.231 e. The number of phenols is 1. The van der Waals surface area contributed by atoms with Gasteiger partial charge < -0.3 is 19.9 Å². The summed E-state index contributed by atoms with van der Waals surface area (Å²) in [6.07, 6.45) is 3.26. The van der Waals surface area contributed by atoms with Crippen molar-refractivity contribution in [1.82, 2.24) is 5.32 Å². The molecule has 0 spiro atoms. The van der Waals surface area contributed by atoms with Gasteiger partial charge in [-0.3, -0.25) is 9.59 Å². The van der Waals surface area contributed by atoms with Crippen molar-refractivity contribution in [1.29, 1.82) is 0 Å². The second kappa shape index (κ2) is 5.01. The molecule has 0 aromatic heterocycles. The summed E-state index contributed by atoms with van der Waals surface area (Å²) in [7, 11) is 0. The first-order valence-electron chi connectivity index (χ1n) is 5.60. The maximum atomic E-state index is 11.8. The molecule has 0 atom stereocenters. The summed E-state index contributed by atoms with van der Waals surface area (Å²) in [5.41, 5.74) is 1.02. The van der Waals surface area contributed by atoms with Gasteiger partial charge in [0.05, 0.1) is 5.56 Å². The van der Waals surface area contributed by atoms with Crippen LogP contribution in [0.15, 0.2) is 6.20 Å². The molecule has 19 heavy (non-hydrogen) atoms. The van der Waals surface area contributed by atoms with Crippen molar-refractivity contribution in [3.05, 3.63) is 22.9 Å². The minimum absolute atomic E-state index is 0.00957. The Morgan fingerprint density at radius 3 is 2.68 bits per heavy atom. The van der Waals surface area contributed by atoms with Gasteiger partial charge in [-0.25, -0.2) is 0 Å². The molecule has 1 amide bonds. The molecule has 2 N–H and O–H groups in total. The van der Waals surface area contributed by atoms with E-state index in [0.29, 0.717) is 29.0 Å². The second-order valence-electron chi connectivity index (χ2n) is 4.00. The van der Waals surface area contributed by atoms with E-state index in [9.17, 15) is 14.7 Å². The number of carbonyl (C=O) groups is 2. The number of carbonyl (C=O) groups excluding carboxylic acids is 2. The van der Waals surface area contributed by atoms with Gasteiger partial charge in [-0.1, -0.05) is 0 Å². The van der Waals surface area contributed by atoms with Gasteiger partial charge in [0.1, 0.15) is 5.75 Å². The zero-order valence-electron chi connectivity index (χ0n) is 10.5. The summed E-state index contributed by atoms with van der Waals surface area (Å²) in [6.45, 7) is 3.05. The van der Waals surface area contributed by atoms with Crippen molar-refractivity contribution >= 4 is 18.3 Å². The number of phenolic OH excluding ortho intramolecular Hbond substituents is 1. The van der Waals surface area contributed by atoms with E-state index in [2.05, 4.69) is 5.32 Å². The van der Waals surface area contributed by atoms with Gasteiger partial charge in [0.2, 0.25) is 13.2 Å². The average Bonchev–Trinajstić information content (AvgIpc) is 2.84. The number of rotatable bonds is 4. The van der Waals surface area contributed by atoms with E-state index in [1.165, 1.54) is 19.2 Å². The number of benzene rings is 1. The molecule has 0 radical (unpaired) electrons. The third kappa shape index (κ3) is 2.12. The van der Waals surface area contributed by atoms with Crippen LogP contribution in [0.4, 0.5) is 0 Å². The zero-order valence-corrected chi connectivity index (χ0v) is 10.5. The van der Waals surface area contributed by atoms with E-state index < -0.39 is 0 Å². The quantitative estimate of drug-likeness (QED) is 0.632. The van der Waals surface area contributed by atoms with Gasteiger partial charge in [0.15, 0.2) is 17.3 Å². The Bertz CT molecular complexity index is 577. The molecule has 2 rings (SSSR count). The van der Waals surface area contributed by atoms with Crippen LogP contribution in [0.25, 0.3) is 6.08 Å². The zero-order chi connectivity index (χ0) is 14.0. The van der Waals surface area contributed by atoms with E-state index in [-0.39, 0.29) is 23.9 Å². The van der Waals surface area contributed by atoms with E-state index in [1.807, 2.05) is 0 Å². The Morgan fingerprint density at radius 2 is 2.05 bits per heavy atom. The highest BCUT2D eigenvalue weighted by Gasteiger charge is 2.28. The lowest BCUT2D eigenvalue weighted by Gasteiger charge is -2.12. The molecule has 1 aromatic rings. The average molecular weight is 263 g/mol. The number of ether oxygens (including phenoxy) is 2. The van der Waals surface area contributed by atoms with Gasteiger partial charge in [0, 0.05) is 17.3 Å². The van der Waals surface area contributed by atoms with Crippen molar-refractivity contribution in [2.75, 3.05) is 6.79 Å². The van der Waals surface area contributed by atoms with Crippen molar-refractivity contribution in [3.8, 4) is 17.2 Å². The molecule has 6 heteroatoms. The van der Waals surface area contributed by atoms with E-state index in [1.54, 1.807) is 6.92 Å². The molecule has 1 aliphatic rings. The highest BCUT2D eigenvalue weighted by molar-refractivity contribution is 6.03. The number of ketones is 1. The molecular weight excluding hydrogens is 250 g/mol. The molecule has 0 saturated heterocycles. The number of hydrogen-bond acceptors (Lipinski definition) is 5. The van der Waals surface area contributed by atoms with Crippen LogP contribution >= 0.6 is 0 Å². The number of fused-ring (bicyclic) bond motifs is 1. The lowest BCUT2D eigenvalue weighted by Crippen LogP contribution is -2.03. The van der Waals surface area contributed by atoms with Gasteiger partial charge in [0.25, 0.3) is 0 Å². The molecular formula is C13H13NO5. The Morgan fingerprint density at radius 1 is 1.37 bits per heavy atom. The summed E-state index contributed by atoms with van der Waals surface area (Å²) >= 11 is 0. The van der Waals surface area contributed by atoms with Gasteiger partial charge in [-0.2, -0.15) is 0 Å². The number of nitrogens with one attached hydrogen (secondary N) is 1. The predicted molar refractivity (Wildman–Crippen MR) is 67.2 cm³/mol. The molecule has 1 aliphatic heterocycles. The number of hydrogen-bond donors (Lipinski definition) is 2. The normalized spacial score (nSPS) is 12.7.